The minimum Gasteiger partial charge on any atom is -0.861 e. The number of Topliss-reactive ketones (excluding diaryl/α,β-unsaturated/α-hetero) is 1. The summed E-state index contributed by atoms with van der Waals surface area (Å²) >= 11 is 0. The lowest BCUT2D eigenvalue weighted by molar-refractivity contribution is -0.224. The van der Waals surface area contributed by atoms with Crippen LogP contribution in [-0.4, -0.2) is 35.6 Å². The van der Waals surface area contributed by atoms with Crippen LogP contribution in [-0.2, 0) is 16.1 Å². The summed E-state index contributed by atoms with van der Waals surface area (Å²) in [6, 6.07) is 5.82. The van der Waals surface area contributed by atoms with Gasteiger partial charge in [-0.15, -0.1) is 0 Å². The summed E-state index contributed by atoms with van der Waals surface area (Å²) in [7, 11) is 1.50. The molecule has 0 N–H and O–H groups in total. The van der Waals surface area contributed by atoms with Gasteiger partial charge in [-0.2, -0.15) is 0 Å². The van der Waals surface area contributed by atoms with Crippen LogP contribution in [0.2, 0.25) is 0 Å². The van der Waals surface area contributed by atoms with Gasteiger partial charge < -0.3 is 9.84 Å². The Labute approximate surface area is 120 Å². The molecule has 1 unspecified atom stereocenters. The summed E-state index contributed by atoms with van der Waals surface area (Å²) in [5.74, 6) is -3.42. The highest BCUT2D eigenvalue weighted by molar-refractivity contribution is 6.23. The van der Waals surface area contributed by atoms with Crippen LogP contribution in [0.4, 0.5) is 4.79 Å². The smallest absolute Gasteiger partial charge is 0.349 e. The Kier molecular flexibility index (Phi) is 4.02. The van der Waals surface area contributed by atoms with E-state index in [1.165, 1.54) is 7.11 Å². The van der Waals surface area contributed by atoms with Gasteiger partial charge in [0.1, 0.15) is 17.5 Å². The van der Waals surface area contributed by atoms with Crippen molar-refractivity contribution in [2.45, 2.75) is 13.5 Å². The van der Waals surface area contributed by atoms with Gasteiger partial charge in [0.05, 0.1) is 13.7 Å². The molecule has 0 fully saturated rings. The van der Waals surface area contributed by atoms with Gasteiger partial charge in [0.25, 0.3) is 0 Å². The highest BCUT2D eigenvalue weighted by atomic mass is 16.5. The van der Waals surface area contributed by atoms with Crippen LogP contribution in [0, 0.1) is 5.92 Å². The molecule has 0 radical (unpaired) electrons. The third-order valence-electron chi connectivity index (χ3n) is 3.08. The Morgan fingerprint density at radius 2 is 2.14 bits per heavy atom. The quantitative estimate of drug-likeness (QED) is 0.733. The number of rotatable bonds is 4. The van der Waals surface area contributed by atoms with E-state index in [1.807, 2.05) is 0 Å². The average Bonchev–Trinajstić information content (AvgIpc) is 2.43. The van der Waals surface area contributed by atoms with E-state index in [1.54, 1.807) is 24.3 Å². The van der Waals surface area contributed by atoms with Gasteiger partial charge in [0, 0.05) is 0 Å². The normalized spacial score (nSPS) is 18.5. The molecular weight excluding hydrogens is 276 g/mol. The maximum atomic E-state index is 12.1. The molecule has 1 atom stereocenters. The van der Waals surface area contributed by atoms with Crippen molar-refractivity contribution in [1.29, 1.82) is 0 Å². The van der Waals surface area contributed by atoms with Crippen LogP contribution in [0.1, 0.15) is 12.5 Å². The number of aliphatic imine (C=N–C) groups is 1. The van der Waals surface area contributed by atoms with E-state index in [2.05, 4.69) is 4.99 Å². The van der Waals surface area contributed by atoms with Crippen molar-refractivity contribution >= 4 is 23.6 Å². The van der Waals surface area contributed by atoms with Crippen molar-refractivity contribution in [2.75, 3.05) is 7.11 Å². The SMILES string of the molecule is COc1cccc(CN2C(=O)N=C([O-])C(C(C)=O)C2=O)c1. The van der Waals surface area contributed by atoms with Crippen LogP contribution in [0.5, 0.6) is 5.75 Å². The standard InChI is InChI=1S/C14H14N2O5/c1-8(17)11-12(18)15-14(20)16(13(11)19)7-9-4-3-5-10(6-9)21-2/h3-6,11H,7H2,1-2H3,(H,15,18,20)/p-1. The second-order valence-corrected chi connectivity index (χ2v) is 4.55. The molecule has 0 saturated carbocycles. The minimum atomic E-state index is -1.52. The van der Waals surface area contributed by atoms with Gasteiger partial charge in [-0.1, -0.05) is 12.1 Å². The zero-order valence-corrected chi connectivity index (χ0v) is 11.5. The molecule has 1 aromatic rings. The molecular formula is C14H13N2O5-. The highest BCUT2D eigenvalue weighted by Crippen LogP contribution is 2.19. The van der Waals surface area contributed by atoms with Crippen LogP contribution in [0.25, 0.3) is 0 Å². The summed E-state index contributed by atoms with van der Waals surface area (Å²) in [6.07, 6.45) is 0. The number of benzene rings is 1. The fourth-order valence-electron chi connectivity index (χ4n) is 2.02. The minimum absolute atomic E-state index is 0.0740. The zero-order valence-electron chi connectivity index (χ0n) is 11.5. The second kappa shape index (κ2) is 5.74. The van der Waals surface area contributed by atoms with Crippen LogP contribution in [0.15, 0.2) is 29.3 Å². The Morgan fingerprint density at radius 3 is 2.76 bits per heavy atom. The van der Waals surface area contributed by atoms with Crippen LogP contribution in [0.3, 0.4) is 0 Å². The first kappa shape index (κ1) is 14.7. The lowest BCUT2D eigenvalue weighted by Crippen LogP contribution is -2.52. The van der Waals surface area contributed by atoms with Crippen LogP contribution < -0.4 is 9.84 Å². The number of urea groups is 1. The van der Waals surface area contributed by atoms with Crippen molar-refractivity contribution < 1.29 is 24.2 Å². The third-order valence-corrected chi connectivity index (χ3v) is 3.08. The summed E-state index contributed by atoms with van der Waals surface area (Å²) in [6.45, 7) is 1.05. The van der Waals surface area contributed by atoms with E-state index >= 15 is 0 Å². The Balaban J connectivity index is 2.28. The lowest BCUT2D eigenvalue weighted by Gasteiger charge is -2.30. The molecule has 7 nitrogen and oxygen atoms in total. The molecule has 0 bridgehead atoms. The third kappa shape index (κ3) is 2.91. The molecule has 1 aromatic carbocycles. The van der Waals surface area contributed by atoms with Crippen molar-refractivity contribution in [3.63, 3.8) is 0 Å². The molecule has 7 heteroatoms. The molecule has 0 aliphatic carbocycles. The number of hydrogen-bond acceptors (Lipinski definition) is 5. The maximum absolute atomic E-state index is 12.1. The summed E-state index contributed by atoms with van der Waals surface area (Å²) in [5, 5.41) is 11.5. The van der Waals surface area contributed by atoms with E-state index in [0.29, 0.717) is 11.3 Å². The van der Waals surface area contributed by atoms with Gasteiger partial charge in [0.2, 0.25) is 5.91 Å². The Morgan fingerprint density at radius 1 is 1.43 bits per heavy atom. The van der Waals surface area contributed by atoms with Crippen molar-refractivity contribution in [3.8, 4) is 5.75 Å². The predicted octanol–water partition coefficient (Wildman–Crippen LogP) is 0.121. The number of carbonyl (C=O) groups excluding carboxylic acids is 3. The molecule has 1 heterocycles. The molecule has 0 aromatic heterocycles. The van der Waals surface area contributed by atoms with Gasteiger partial charge >= 0.3 is 6.03 Å². The van der Waals surface area contributed by atoms with Gasteiger partial charge in [-0.3, -0.25) is 14.5 Å². The Hall–Kier alpha value is -2.70. The fourth-order valence-corrected chi connectivity index (χ4v) is 2.02. The fraction of sp³-hybridized carbons (Fsp3) is 0.286. The zero-order chi connectivity index (χ0) is 15.6. The van der Waals surface area contributed by atoms with Crippen LogP contribution >= 0.6 is 0 Å². The first-order valence-electron chi connectivity index (χ1n) is 6.18. The molecule has 0 saturated heterocycles. The van der Waals surface area contributed by atoms with Crippen molar-refractivity contribution in [3.05, 3.63) is 29.8 Å². The summed E-state index contributed by atoms with van der Waals surface area (Å²) in [5.41, 5.74) is 0.628. The molecule has 2 rings (SSSR count). The number of hydrogen-bond donors (Lipinski definition) is 0. The predicted molar refractivity (Wildman–Crippen MR) is 70.5 cm³/mol. The van der Waals surface area contributed by atoms with E-state index in [-0.39, 0.29) is 6.54 Å². The Bertz CT molecular complexity index is 638. The van der Waals surface area contributed by atoms with Crippen molar-refractivity contribution in [1.82, 2.24) is 4.90 Å². The first-order chi connectivity index (χ1) is 9.93. The van der Waals surface area contributed by atoms with E-state index in [4.69, 9.17) is 4.74 Å². The second-order valence-electron chi connectivity index (χ2n) is 4.55. The highest BCUT2D eigenvalue weighted by Gasteiger charge is 2.36. The summed E-state index contributed by atoms with van der Waals surface area (Å²) < 4.78 is 5.05. The van der Waals surface area contributed by atoms with E-state index in [9.17, 15) is 19.5 Å². The molecule has 21 heavy (non-hydrogen) atoms. The first-order valence-corrected chi connectivity index (χ1v) is 6.18. The molecule has 1 aliphatic rings. The van der Waals surface area contributed by atoms with E-state index < -0.39 is 29.5 Å². The number of amides is 3. The van der Waals surface area contributed by atoms with Gasteiger partial charge in [-0.25, -0.2) is 9.79 Å². The largest absolute Gasteiger partial charge is 0.861 e. The van der Waals surface area contributed by atoms with Gasteiger partial charge in [0.15, 0.2) is 0 Å². The van der Waals surface area contributed by atoms with Crippen molar-refractivity contribution in [2.24, 2.45) is 10.9 Å². The molecule has 3 amide bonds. The average molecular weight is 289 g/mol. The van der Waals surface area contributed by atoms with E-state index in [0.717, 1.165) is 11.8 Å². The molecule has 0 spiro atoms. The number of methoxy groups -OCH3 is 1. The molecule has 1 aliphatic heterocycles. The topological polar surface area (TPSA) is 99.1 Å². The number of ketones is 1. The number of carbonyl (C=O) groups is 3. The molecule has 110 valence electrons. The number of imide groups is 1. The maximum Gasteiger partial charge on any atom is 0.349 e. The lowest BCUT2D eigenvalue weighted by atomic mass is 10.0. The number of ether oxygens (including phenoxy) is 1. The monoisotopic (exact) mass is 289 g/mol. The summed E-state index contributed by atoms with van der Waals surface area (Å²) in [4.78, 5) is 39.2. The number of nitrogens with zero attached hydrogens (tertiary/aromatic N) is 2. The van der Waals surface area contributed by atoms with Gasteiger partial charge in [-0.05, 0) is 30.5 Å².